The molecular formula is C23H20Cl2N4O4. The highest BCUT2D eigenvalue weighted by atomic mass is 35.5. The number of primary amides is 1. The molecule has 0 saturated carbocycles. The Morgan fingerprint density at radius 2 is 1.76 bits per heavy atom. The molecule has 3 heterocycles. The highest BCUT2D eigenvalue weighted by Crippen LogP contribution is 2.54. The van der Waals surface area contributed by atoms with E-state index >= 15 is 0 Å². The molecule has 8 nitrogen and oxygen atoms in total. The van der Waals surface area contributed by atoms with Gasteiger partial charge in [-0.25, -0.2) is 0 Å². The topological polar surface area (TPSA) is 122 Å². The van der Waals surface area contributed by atoms with Crippen LogP contribution in [0.5, 0.6) is 0 Å². The third kappa shape index (κ3) is 3.16. The number of para-hydroxylation sites is 1. The smallest absolute Gasteiger partial charge is 0.250 e. The molecule has 170 valence electrons. The second kappa shape index (κ2) is 7.83. The Morgan fingerprint density at radius 1 is 1.03 bits per heavy atom. The fraction of sp³-hybridized carbons (Fsp3) is 0.304. The Bertz CT molecular complexity index is 1220. The number of likely N-dealkylation sites (tertiary alicyclic amines) is 1. The average molecular weight is 487 g/mol. The van der Waals surface area contributed by atoms with Crippen LogP contribution in [0.15, 0.2) is 42.5 Å². The molecule has 4 N–H and O–H groups in total. The lowest BCUT2D eigenvalue weighted by molar-refractivity contribution is -0.143. The van der Waals surface area contributed by atoms with Crippen LogP contribution in [0.2, 0.25) is 10.0 Å². The van der Waals surface area contributed by atoms with Crippen LogP contribution in [0.3, 0.4) is 0 Å². The van der Waals surface area contributed by atoms with Crippen LogP contribution in [-0.2, 0) is 31.3 Å². The van der Waals surface area contributed by atoms with Gasteiger partial charge in [0.15, 0.2) is 0 Å². The molecule has 0 unspecified atom stereocenters. The van der Waals surface area contributed by atoms with E-state index in [-0.39, 0.29) is 19.4 Å². The third-order valence-electron chi connectivity index (χ3n) is 6.78. The molecule has 33 heavy (non-hydrogen) atoms. The van der Waals surface area contributed by atoms with Crippen LogP contribution in [0.25, 0.3) is 0 Å². The molecule has 2 aromatic rings. The number of hydrogen-bond acceptors (Lipinski definition) is 5. The first-order valence-corrected chi connectivity index (χ1v) is 11.3. The van der Waals surface area contributed by atoms with E-state index in [1.165, 1.54) is 0 Å². The van der Waals surface area contributed by atoms with E-state index in [2.05, 4.69) is 10.6 Å². The lowest BCUT2D eigenvalue weighted by Gasteiger charge is -2.29. The molecule has 2 aromatic carbocycles. The lowest BCUT2D eigenvalue weighted by Crippen LogP contribution is -2.53. The number of nitrogens with zero attached hydrogens (tertiary/aromatic N) is 1. The molecule has 0 aromatic heterocycles. The summed E-state index contributed by atoms with van der Waals surface area (Å²) in [6.07, 6.45) is 0.216. The second-order valence-corrected chi connectivity index (χ2v) is 9.35. The first-order valence-electron chi connectivity index (χ1n) is 10.5. The number of imide groups is 1. The number of hydrogen-bond donors (Lipinski definition) is 3. The molecule has 2 fully saturated rings. The number of carbonyl (C=O) groups is 4. The number of fused-ring (bicyclic) bond motifs is 4. The van der Waals surface area contributed by atoms with Gasteiger partial charge >= 0.3 is 0 Å². The van der Waals surface area contributed by atoms with Crippen LogP contribution >= 0.6 is 23.2 Å². The molecule has 3 aliphatic rings. The summed E-state index contributed by atoms with van der Waals surface area (Å²) in [6.45, 7) is -0.00696. The number of halogens is 2. The first-order chi connectivity index (χ1) is 15.8. The van der Waals surface area contributed by atoms with Gasteiger partial charge in [0.1, 0.15) is 5.54 Å². The Kier molecular flexibility index (Phi) is 5.19. The van der Waals surface area contributed by atoms with Gasteiger partial charge in [-0.15, -0.1) is 0 Å². The van der Waals surface area contributed by atoms with E-state index in [0.29, 0.717) is 26.9 Å². The number of carbonyl (C=O) groups excluding carboxylic acids is 4. The van der Waals surface area contributed by atoms with Crippen LogP contribution < -0.4 is 16.4 Å². The van der Waals surface area contributed by atoms with Gasteiger partial charge in [-0.1, -0.05) is 53.5 Å². The van der Waals surface area contributed by atoms with E-state index in [4.69, 9.17) is 28.9 Å². The number of anilines is 1. The van der Waals surface area contributed by atoms with Crippen molar-refractivity contribution >= 4 is 52.5 Å². The molecular weight excluding hydrogens is 467 g/mol. The summed E-state index contributed by atoms with van der Waals surface area (Å²) < 4.78 is 0. The monoisotopic (exact) mass is 486 g/mol. The van der Waals surface area contributed by atoms with E-state index in [9.17, 15) is 19.2 Å². The van der Waals surface area contributed by atoms with Crippen LogP contribution in [0.1, 0.15) is 24.0 Å². The van der Waals surface area contributed by atoms with Gasteiger partial charge in [-0.05, 0) is 24.1 Å². The SMILES string of the molecule is NC(=O)CC[C@H]1N[C@]2(C(=O)Nc3c(Cl)cccc32)[C@@H]2C(=O)N(Cc3ccccc3Cl)C(=O)[C@@H]21. The minimum atomic E-state index is -1.48. The Hall–Kier alpha value is -2.94. The summed E-state index contributed by atoms with van der Waals surface area (Å²) in [5.41, 5.74) is 5.41. The number of rotatable bonds is 5. The summed E-state index contributed by atoms with van der Waals surface area (Å²) in [5.74, 6) is -3.70. The summed E-state index contributed by atoms with van der Waals surface area (Å²) in [5, 5.41) is 6.79. The highest BCUT2D eigenvalue weighted by Gasteiger charge is 2.70. The maximum Gasteiger partial charge on any atom is 0.250 e. The Balaban J connectivity index is 1.60. The van der Waals surface area contributed by atoms with Crippen LogP contribution in [0.4, 0.5) is 5.69 Å². The molecule has 2 saturated heterocycles. The molecule has 4 amide bonds. The first kappa shape index (κ1) is 21.9. The zero-order valence-corrected chi connectivity index (χ0v) is 18.8. The second-order valence-electron chi connectivity index (χ2n) is 8.54. The van der Waals surface area contributed by atoms with Crippen LogP contribution in [-0.4, -0.2) is 34.6 Å². The number of nitrogens with one attached hydrogen (secondary N) is 2. The van der Waals surface area contributed by atoms with Crippen molar-refractivity contribution < 1.29 is 19.2 Å². The predicted molar refractivity (Wildman–Crippen MR) is 121 cm³/mol. The van der Waals surface area contributed by atoms with Gasteiger partial charge in [-0.3, -0.25) is 29.4 Å². The molecule has 10 heteroatoms. The summed E-state index contributed by atoms with van der Waals surface area (Å²) in [6, 6.07) is 11.4. The quantitative estimate of drug-likeness (QED) is 0.559. The van der Waals surface area contributed by atoms with Crippen molar-refractivity contribution in [1.29, 1.82) is 0 Å². The highest BCUT2D eigenvalue weighted by molar-refractivity contribution is 6.35. The fourth-order valence-corrected chi connectivity index (χ4v) is 5.77. The predicted octanol–water partition coefficient (Wildman–Crippen LogP) is 2.18. The van der Waals surface area contributed by atoms with Crippen molar-refractivity contribution in [2.45, 2.75) is 31.0 Å². The van der Waals surface area contributed by atoms with Crippen molar-refractivity contribution in [3.05, 3.63) is 63.6 Å². The Morgan fingerprint density at radius 3 is 2.48 bits per heavy atom. The van der Waals surface area contributed by atoms with Gasteiger partial charge in [0.25, 0.3) is 0 Å². The van der Waals surface area contributed by atoms with Gasteiger partial charge < -0.3 is 11.1 Å². The normalized spacial score (nSPS) is 27.8. The average Bonchev–Trinajstić information content (AvgIpc) is 3.35. The zero-order valence-electron chi connectivity index (χ0n) is 17.3. The molecule has 0 radical (unpaired) electrons. The van der Waals surface area contributed by atoms with Gasteiger partial charge in [0.05, 0.1) is 29.1 Å². The standard InChI is InChI=1S/C23H20Cl2N4O4/c24-13-6-2-1-4-11(13)10-29-20(31)17-15(8-9-16(26)30)28-23(18(17)21(29)32)12-5-3-7-14(25)19(12)27-22(23)33/h1-7,15,17-18,28H,8-10H2,(H2,26,30)(H,27,33)/t15-,17-,18+,23+/m1/s1. The van der Waals surface area contributed by atoms with Gasteiger partial charge in [0.2, 0.25) is 23.6 Å². The van der Waals surface area contributed by atoms with Gasteiger partial charge in [-0.2, -0.15) is 0 Å². The summed E-state index contributed by atoms with van der Waals surface area (Å²) in [7, 11) is 0. The maximum absolute atomic E-state index is 13.7. The van der Waals surface area contributed by atoms with Crippen LogP contribution in [0, 0.1) is 11.8 Å². The summed E-state index contributed by atoms with van der Waals surface area (Å²) >= 11 is 12.6. The van der Waals surface area contributed by atoms with E-state index in [0.717, 1.165) is 4.90 Å². The van der Waals surface area contributed by atoms with Crippen molar-refractivity contribution in [2.24, 2.45) is 17.6 Å². The van der Waals surface area contributed by atoms with Crippen molar-refractivity contribution in [3.8, 4) is 0 Å². The van der Waals surface area contributed by atoms with E-state index < -0.39 is 47.0 Å². The maximum atomic E-state index is 13.7. The number of benzene rings is 2. The minimum Gasteiger partial charge on any atom is -0.370 e. The van der Waals surface area contributed by atoms with Crippen molar-refractivity contribution in [1.82, 2.24) is 10.2 Å². The van der Waals surface area contributed by atoms with Crippen molar-refractivity contribution in [3.63, 3.8) is 0 Å². The molecule has 4 atom stereocenters. The van der Waals surface area contributed by atoms with E-state index in [1.54, 1.807) is 42.5 Å². The van der Waals surface area contributed by atoms with Gasteiger partial charge in [0, 0.05) is 23.0 Å². The number of amides is 4. The molecule has 0 aliphatic carbocycles. The molecule has 3 aliphatic heterocycles. The summed E-state index contributed by atoms with van der Waals surface area (Å²) in [4.78, 5) is 53.3. The van der Waals surface area contributed by atoms with Crippen molar-refractivity contribution in [2.75, 3.05) is 5.32 Å². The third-order valence-corrected chi connectivity index (χ3v) is 7.46. The minimum absolute atomic E-state index is 0.00692. The largest absolute Gasteiger partial charge is 0.370 e. The zero-order chi connectivity index (χ0) is 23.5. The lowest BCUT2D eigenvalue weighted by atomic mass is 9.76. The molecule has 1 spiro atoms. The fourth-order valence-electron chi connectivity index (χ4n) is 5.35. The Labute approximate surface area is 199 Å². The van der Waals surface area contributed by atoms with E-state index in [1.807, 2.05) is 0 Å². The molecule has 0 bridgehead atoms. The molecule has 5 rings (SSSR count). The number of nitrogens with two attached hydrogens (primary N) is 1.